The van der Waals surface area contributed by atoms with Crippen molar-refractivity contribution in [1.82, 2.24) is 4.31 Å². The molecule has 9 heavy (non-hydrogen) atoms. The Morgan fingerprint density at radius 1 is 1.67 bits per heavy atom. The first-order chi connectivity index (χ1) is 4.18. The summed E-state index contributed by atoms with van der Waals surface area (Å²) >= 11 is 1.22. The van der Waals surface area contributed by atoms with E-state index in [0.29, 0.717) is 0 Å². The minimum atomic E-state index is -0.250. The van der Waals surface area contributed by atoms with Crippen molar-refractivity contribution >= 4 is 50.7 Å². The van der Waals surface area contributed by atoms with Gasteiger partial charge in [0.1, 0.15) is 0 Å². The summed E-state index contributed by atoms with van der Waals surface area (Å²) in [6, 6.07) is 0. The van der Waals surface area contributed by atoms with Crippen LogP contribution in [0, 0.1) is 0 Å². The molecule has 0 aromatic heterocycles. The summed E-state index contributed by atoms with van der Waals surface area (Å²) in [4.78, 5) is 8.36. The largest absolute Gasteiger partial charge is 0.483 e. The van der Waals surface area contributed by atoms with Crippen LogP contribution in [0.1, 0.15) is 0 Å². The standard InChI is InChI=1S/C2H7NS2.CH2O2.Na/c1-3(2)5-4;2-1-3;/h4H,1-2H3;1H,(H,2,3);/q;;+1/p-1. The Balaban J connectivity index is 0. The number of carbonyl (C=O) groups is 1. The van der Waals surface area contributed by atoms with Gasteiger partial charge in [0.25, 0.3) is 6.47 Å². The second kappa shape index (κ2) is 11.9. The molecule has 0 amide bonds. The van der Waals surface area contributed by atoms with E-state index in [4.69, 9.17) is 9.90 Å². The minimum Gasteiger partial charge on any atom is -0.483 e. The maximum absolute atomic E-state index is 8.36. The zero-order valence-electron chi connectivity index (χ0n) is 5.70. The second-order valence-electron chi connectivity index (χ2n) is 1.16. The van der Waals surface area contributed by atoms with Crippen molar-refractivity contribution < 1.29 is 9.90 Å². The van der Waals surface area contributed by atoms with Gasteiger partial charge >= 0.3 is 62.6 Å². The fourth-order valence-corrected chi connectivity index (χ4v) is 4.02. The molecule has 0 spiro atoms. The van der Waals surface area contributed by atoms with Gasteiger partial charge in [-0.3, -0.25) is 4.79 Å². The molecule has 0 aliphatic rings. The fourth-order valence-electron chi connectivity index (χ4n) is 0.149. The molecule has 0 heterocycles. The molecule has 0 fully saturated rings. The first-order valence-electron chi connectivity index (χ1n) is 2.15. The molecule has 0 rings (SSSR count). The Morgan fingerprint density at radius 3 is 2.00 bits per heavy atom. The second-order valence-corrected chi connectivity index (χ2v) is 6.82. The van der Waals surface area contributed by atoms with E-state index in [0.717, 1.165) is 0 Å². The maximum atomic E-state index is 8.36. The van der Waals surface area contributed by atoms with Crippen molar-refractivity contribution in [3.05, 3.63) is 0 Å². The van der Waals surface area contributed by atoms with Gasteiger partial charge in [0.05, 0.1) is 0 Å². The van der Waals surface area contributed by atoms with Gasteiger partial charge in [0, 0.05) is 0 Å². The molecular weight excluding hydrogens is 169 g/mol. The summed E-state index contributed by atoms with van der Waals surface area (Å²) in [5.74, 6) is 0. The van der Waals surface area contributed by atoms with Crippen LogP contribution in [0.2, 0.25) is 0 Å². The average molecular weight is 177 g/mol. The van der Waals surface area contributed by atoms with Crippen LogP contribution in [0.15, 0.2) is 0 Å². The van der Waals surface area contributed by atoms with Gasteiger partial charge in [0.15, 0.2) is 0 Å². The van der Waals surface area contributed by atoms with Gasteiger partial charge in [-0.25, -0.2) is 0 Å². The molecule has 0 unspecified atom stereocenters. The summed E-state index contributed by atoms with van der Waals surface area (Å²) < 4.78 is 2.09. The minimum absolute atomic E-state index is 0.250. The Labute approximate surface area is 78.5 Å². The Hall–Kier alpha value is 1.13. The van der Waals surface area contributed by atoms with E-state index in [1.165, 1.54) is 26.4 Å². The third-order valence-electron chi connectivity index (χ3n) is 0.224. The predicted molar refractivity (Wildman–Crippen MR) is 43.3 cm³/mol. The molecule has 1 N–H and O–H groups in total. The van der Waals surface area contributed by atoms with Gasteiger partial charge in [-0.15, -0.1) is 0 Å². The number of hydrogen-bond donors (Lipinski definition) is 1. The van der Waals surface area contributed by atoms with E-state index >= 15 is 0 Å². The monoisotopic (exact) mass is 177 g/mol. The van der Waals surface area contributed by atoms with Crippen LogP contribution >= 0.6 is 17.9 Å². The molecule has 0 saturated carbocycles. The zero-order chi connectivity index (χ0) is 7.70. The first kappa shape index (κ1) is 12.8. The number of hydrogen-bond acceptors (Lipinski definition) is 4. The summed E-state index contributed by atoms with van der Waals surface area (Å²) in [6.45, 7) is 1.64. The van der Waals surface area contributed by atoms with E-state index < -0.39 is 0 Å². The van der Waals surface area contributed by atoms with Crippen molar-refractivity contribution in [2.45, 2.75) is 0 Å². The normalized spacial score (nSPS) is 8.11. The van der Waals surface area contributed by atoms with Gasteiger partial charge in [0.2, 0.25) is 0 Å². The van der Waals surface area contributed by atoms with E-state index in [2.05, 4.69) is 18.4 Å². The third-order valence-corrected chi connectivity index (χ3v) is 3.35. The van der Waals surface area contributed by atoms with Gasteiger partial charge in [-0.2, -0.15) is 0 Å². The maximum Gasteiger partial charge on any atom is 0.290 e. The van der Waals surface area contributed by atoms with E-state index in [1.54, 1.807) is 11.0 Å². The molecule has 0 bridgehead atoms. The molecular formula is C3H8NNaO2S2. The quantitative estimate of drug-likeness (QED) is 0.290. The smallest absolute Gasteiger partial charge is 0.290 e. The van der Waals surface area contributed by atoms with Crippen LogP contribution in [-0.2, 0) is 4.79 Å². The summed E-state index contributed by atoms with van der Waals surface area (Å²) in [5, 5.41) is 6.89. The molecule has 6 heteroatoms. The van der Waals surface area contributed by atoms with Crippen molar-refractivity contribution in [3.8, 4) is 0 Å². The van der Waals surface area contributed by atoms with Crippen LogP contribution in [0.25, 0.3) is 0 Å². The van der Waals surface area contributed by atoms with Gasteiger partial charge in [-0.05, 0) is 0 Å². The molecule has 0 aromatic carbocycles. The van der Waals surface area contributed by atoms with Crippen LogP contribution in [0.5, 0.6) is 0 Å². The number of carboxylic acid groups (broad SMARTS) is 1. The fraction of sp³-hybridized carbons (Fsp3) is 0.667. The molecule has 0 aliphatic carbocycles. The SMILES string of the molecule is CN(C)S[S][Na].O=CO. The molecule has 50 valence electrons. The Bertz CT molecular complexity index is 63.8. The van der Waals surface area contributed by atoms with Gasteiger partial charge in [-0.1, -0.05) is 0 Å². The van der Waals surface area contributed by atoms with E-state index in [1.807, 2.05) is 6.92 Å². The van der Waals surface area contributed by atoms with Gasteiger partial charge < -0.3 is 5.11 Å². The Morgan fingerprint density at radius 2 is 2.00 bits per heavy atom. The third kappa shape index (κ3) is 27.2. The molecule has 0 radical (unpaired) electrons. The first-order valence-corrected chi connectivity index (χ1v) is 7.11. The molecule has 0 aliphatic heterocycles. The molecule has 3 nitrogen and oxygen atoms in total. The number of rotatable bonds is 2. The topological polar surface area (TPSA) is 40.5 Å². The molecule has 0 aromatic rings. The summed E-state index contributed by atoms with van der Waals surface area (Å²) in [7, 11) is 5.90. The summed E-state index contributed by atoms with van der Waals surface area (Å²) in [5.41, 5.74) is 0. The zero-order valence-corrected chi connectivity index (χ0v) is 9.33. The number of nitrogens with zero attached hydrogens (tertiary/aromatic N) is 1. The van der Waals surface area contributed by atoms with Crippen molar-refractivity contribution in [3.63, 3.8) is 0 Å². The van der Waals surface area contributed by atoms with Crippen molar-refractivity contribution in [2.75, 3.05) is 14.1 Å². The average Bonchev–Trinajstić information content (AvgIpc) is 1.67. The molecule has 0 atom stereocenters. The van der Waals surface area contributed by atoms with Crippen LogP contribution in [0.3, 0.4) is 0 Å². The summed E-state index contributed by atoms with van der Waals surface area (Å²) in [6.07, 6.45) is 0. The van der Waals surface area contributed by atoms with Crippen LogP contribution in [-0.4, -0.2) is 56.3 Å². The van der Waals surface area contributed by atoms with Crippen LogP contribution in [0.4, 0.5) is 0 Å². The molecule has 0 saturated heterocycles. The Kier molecular flexibility index (Phi) is 16.9. The predicted octanol–water partition coefficient (Wildman–Crippen LogP) is 0.629. The van der Waals surface area contributed by atoms with E-state index in [9.17, 15) is 0 Å². The van der Waals surface area contributed by atoms with Crippen molar-refractivity contribution in [1.29, 1.82) is 0 Å². The van der Waals surface area contributed by atoms with E-state index in [-0.39, 0.29) is 6.47 Å². The van der Waals surface area contributed by atoms with Crippen molar-refractivity contribution in [2.24, 2.45) is 0 Å². The van der Waals surface area contributed by atoms with Crippen LogP contribution < -0.4 is 0 Å².